The first kappa shape index (κ1) is 23.7. The van der Waals surface area contributed by atoms with Crippen LogP contribution in [-0.2, 0) is 32.3 Å². The lowest BCUT2D eigenvalue weighted by Crippen LogP contribution is -2.43. The lowest BCUT2D eigenvalue weighted by Gasteiger charge is -2.25. The molecule has 0 heterocycles. The van der Waals surface area contributed by atoms with E-state index in [1.807, 2.05) is 11.9 Å². The van der Waals surface area contributed by atoms with Gasteiger partial charge in [0.05, 0.1) is 6.42 Å². The summed E-state index contributed by atoms with van der Waals surface area (Å²) in [4.78, 5) is 24.8. The number of hydrogen-bond donors (Lipinski definition) is 0. The molecule has 0 atom stereocenters. The molecule has 0 unspecified atom stereocenters. The van der Waals surface area contributed by atoms with Crippen molar-refractivity contribution in [3.8, 4) is 0 Å². The molecule has 0 aliphatic carbocycles. The molecule has 146 valence electrons. The van der Waals surface area contributed by atoms with Crippen LogP contribution in [0.25, 0.3) is 0 Å². The molecule has 0 aliphatic rings. The van der Waals surface area contributed by atoms with Crippen molar-refractivity contribution in [2.45, 2.75) is 25.8 Å². The van der Waals surface area contributed by atoms with E-state index in [1.54, 1.807) is 28.3 Å². The summed E-state index contributed by atoms with van der Waals surface area (Å²) in [5.74, 6) is -0.814. The predicted octanol–water partition coefficient (Wildman–Crippen LogP) is 1.24. The number of nitrogens with zero attached hydrogens (tertiary/aromatic N) is 1. The van der Waals surface area contributed by atoms with E-state index in [9.17, 15) is 9.59 Å². The van der Waals surface area contributed by atoms with E-state index < -0.39 is 14.8 Å². The van der Waals surface area contributed by atoms with E-state index in [2.05, 4.69) is 6.58 Å². The molecule has 0 N–H and O–H groups in total. The van der Waals surface area contributed by atoms with Gasteiger partial charge in [0.25, 0.3) is 0 Å². The minimum absolute atomic E-state index is 0.0328. The molecule has 8 nitrogen and oxygen atoms in total. The van der Waals surface area contributed by atoms with Crippen LogP contribution in [0.15, 0.2) is 12.2 Å². The molecule has 0 aromatic rings. The van der Waals surface area contributed by atoms with Crippen LogP contribution < -0.4 is 0 Å². The van der Waals surface area contributed by atoms with Gasteiger partial charge in [-0.05, 0) is 26.9 Å². The summed E-state index contributed by atoms with van der Waals surface area (Å²) in [6, 6.07) is 0.708. The Bertz CT molecular complexity index is 418. The van der Waals surface area contributed by atoms with Crippen LogP contribution in [0.2, 0.25) is 6.04 Å². The average molecular weight is 378 g/mol. The molecule has 0 saturated heterocycles. The normalized spacial score (nSPS) is 11.4. The Morgan fingerprint density at radius 1 is 1.00 bits per heavy atom. The second-order valence-electron chi connectivity index (χ2n) is 5.59. The van der Waals surface area contributed by atoms with Gasteiger partial charge in [0.2, 0.25) is 0 Å². The maximum absolute atomic E-state index is 11.6. The molecule has 9 heteroatoms. The van der Waals surface area contributed by atoms with Crippen molar-refractivity contribution < 1.29 is 32.3 Å². The Hall–Kier alpha value is -1.26. The predicted molar refractivity (Wildman–Crippen MR) is 95.1 cm³/mol. The van der Waals surface area contributed by atoms with Crippen molar-refractivity contribution in [1.29, 1.82) is 0 Å². The van der Waals surface area contributed by atoms with Crippen molar-refractivity contribution in [3.63, 3.8) is 0 Å². The highest BCUT2D eigenvalue weighted by Gasteiger charge is 2.36. The minimum Gasteiger partial charge on any atom is -0.462 e. The van der Waals surface area contributed by atoms with Crippen LogP contribution in [-0.4, -0.2) is 80.3 Å². The highest BCUT2D eigenvalue weighted by molar-refractivity contribution is 6.60. The van der Waals surface area contributed by atoms with Gasteiger partial charge in [-0.15, -0.1) is 0 Å². The van der Waals surface area contributed by atoms with Crippen molar-refractivity contribution in [2.24, 2.45) is 0 Å². The third-order valence-corrected chi connectivity index (χ3v) is 6.41. The van der Waals surface area contributed by atoms with Crippen LogP contribution in [0.3, 0.4) is 0 Å². The highest BCUT2D eigenvalue weighted by atomic mass is 28.4. The Kier molecular flexibility index (Phi) is 12.4. The van der Waals surface area contributed by atoms with Gasteiger partial charge in [-0.3, -0.25) is 4.79 Å². The molecule has 0 saturated carbocycles. The van der Waals surface area contributed by atoms with Gasteiger partial charge >= 0.3 is 20.7 Å². The number of carbonyl (C=O) groups excluding carboxylic acids is 2. The van der Waals surface area contributed by atoms with Gasteiger partial charge < -0.3 is 27.7 Å². The summed E-state index contributed by atoms with van der Waals surface area (Å²) < 4.78 is 25.9. The van der Waals surface area contributed by atoms with E-state index in [-0.39, 0.29) is 25.6 Å². The Morgan fingerprint density at radius 2 is 1.56 bits per heavy atom. The Labute approximate surface area is 151 Å². The maximum Gasteiger partial charge on any atom is 0.500 e. The number of rotatable bonds is 14. The van der Waals surface area contributed by atoms with Gasteiger partial charge in [0.1, 0.15) is 13.2 Å². The largest absolute Gasteiger partial charge is 0.500 e. The zero-order chi connectivity index (χ0) is 19.3. The van der Waals surface area contributed by atoms with Gasteiger partial charge in [0.15, 0.2) is 0 Å². The number of ether oxygens (including phenoxy) is 2. The molecule has 0 spiro atoms. The van der Waals surface area contributed by atoms with Crippen molar-refractivity contribution in [2.75, 3.05) is 54.7 Å². The molecular weight excluding hydrogens is 346 g/mol. The molecule has 0 fully saturated rings. The lowest BCUT2D eigenvalue weighted by atomic mass is 10.3. The quantitative estimate of drug-likeness (QED) is 0.193. The molecule has 0 aromatic carbocycles. The standard InChI is InChI=1S/C16H31NO7Si/c1-14(2)16(19)24-12-11-23-15(18)8-10-17(3)9-7-13-25(20-4,21-5)22-6/h1,7-13H2,2-6H3. The van der Waals surface area contributed by atoms with Crippen molar-refractivity contribution >= 4 is 20.7 Å². The van der Waals surface area contributed by atoms with Gasteiger partial charge in [-0.1, -0.05) is 6.58 Å². The van der Waals surface area contributed by atoms with Crippen LogP contribution in [0.4, 0.5) is 0 Å². The third-order valence-electron chi connectivity index (χ3n) is 3.58. The maximum atomic E-state index is 11.6. The number of hydrogen-bond acceptors (Lipinski definition) is 8. The second-order valence-corrected chi connectivity index (χ2v) is 8.68. The number of carbonyl (C=O) groups is 2. The average Bonchev–Trinajstić information content (AvgIpc) is 2.60. The zero-order valence-electron chi connectivity index (χ0n) is 16.0. The fourth-order valence-electron chi connectivity index (χ4n) is 2.00. The Balaban J connectivity index is 3.83. The zero-order valence-corrected chi connectivity index (χ0v) is 17.0. The van der Waals surface area contributed by atoms with Crippen LogP contribution in [0, 0.1) is 0 Å². The van der Waals surface area contributed by atoms with Gasteiger partial charge in [-0.2, -0.15) is 0 Å². The van der Waals surface area contributed by atoms with Crippen LogP contribution in [0.1, 0.15) is 19.8 Å². The number of esters is 2. The summed E-state index contributed by atoms with van der Waals surface area (Å²) in [6.07, 6.45) is 1.11. The van der Waals surface area contributed by atoms with Crippen LogP contribution >= 0.6 is 0 Å². The van der Waals surface area contributed by atoms with E-state index in [4.69, 9.17) is 22.8 Å². The molecule has 25 heavy (non-hydrogen) atoms. The van der Waals surface area contributed by atoms with E-state index in [0.717, 1.165) is 13.0 Å². The van der Waals surface area contributed by atoms with Gasteiger partial charge in [-0.25, -0.2) is 4.79 Å². The molecule has 0 radical (unpaired) electrons. The first-order valence-corrected chi connectivity index (χ1v) is 10.1. The smallest absolute Gasteiger partial charge is 0.462 e. The molecule has 0 aliphatic heterocycles. The molecule has 0 rings (SSSR count). The van der Waals surface area contributed by atoms with E-state index in [1.165, 1.54) is 0 Å². The highest BCUT2D eigenvalue weighted by Crippen LogP contribution is 2.15. The first-order valence-electron chi connectivity index (χ1n) is 8.12. The lowest BCUT2D eigenvalue weighted by molar-refractivity contribution is -0.150. The SMILES string of the molecule is C=C(C)C(=O)OCCOC(=O)CCN(C)CCC[Si](OC)(OC)OC. The summed E-state index contributed by atoms with van der Waals surface area (Å²) >= 11 is 0. The summed E-state index contributed by atoms with van der Waals surface area (Å²) in [5.41, 5.74) is 0.315. The Morgan fingerprint density at radius 3 is 2.08 bits per heavy atom. The van der Waals surface area contributed by atoms with Gasteiger partial charge in [0, 0.05) is 39.5 Å². The fourth-order valence-corrected chi connectivity index (χ4v) is 3.70. The monoisotopic (exact) mass is 377 g/mol. The summed E-state index contributed by atoms with van der Waals surface area (Å²) in [6.45, 7) is 6.46. The topological polar surface area (TPSA) is 83.5 Å². The van der Waals surface area contributed by atoms with Crippen molar-refractivity contribution in [1.82, 2.24) is 4.90 Å². The van der Waals surface area contributed by atoms with Crippen LogP contribution in [0.5, 0.6) is 0 Å². The molecule has 0 aromatic heterocycles. The molecule has 0 bridgehead atoms. The minimum atomic E-state index is -2.53. The molecular formula is C16H31NO7Si. The molecule has 0 amide bonds. The van der Waals surface area contributed by atoms with Crippen molar-refractivity contribution in [3.05, 3.63) is 12.2 Å². The third kappa shape index (κ3) is 10.3. The fraction of sp³-hybridized carbons (Fsp3) is 0.750. The first-order chi connectivity index (χ1) is 11.8. The summed E-state index contributed by atoms with van der Waals surface area (Å²) in [7, 11) is 4.16. The summed E-state index contributed by atoms with van der Waals surface area (Å²) in [5, 5.41) is 0. The van der Waals surface area contributed by atoms with E-state index in [0.29, 0.717) is 18.2 Å². The van der Waals surface area contributed by atoms with E-state index >= 15 is 0 Å². The second kappa shape index (κ2) is 13.0.